The number of nitrogens with one attached hydrogen (secondary N) is 6. The van der Waals surface area contributed by atoms with Gasteiger partial charge in [0.15, 0.2) is 34.9 Å². The molecule has 5 unspecified atom stereocenters. The highest BCUT2D eigenvalue weighted by atomic mass is 16.5. The summed E-state index contributed by atoms with van der Waals surface area (Å²) in [7, 11) is 0. The number of nitrogens with zero attached hydrogens (tertiary/aromatic N) is 22. The summed E-state index contributed by atoms with van der Waals surface area (Å²) in [5.74, 6) is 10.9. The molecule has 0 bridgehead atoms. The van der Waals surface area contributed by atoms with E-state index in [-0.39, 0.29) is 50.6 Å². The molecule has 17 rings (SSSR count). The fourth-order valence-corrected chi connectivity index (χ4v) is 17.1. The summed E-state index contributed by atoms with van der Waals surface area (Å²) in [6.07, 6.45) is 30.0. The Morgan fingerprint density at radius 3 is 1.07 bits per heavy atom. The zero-order valence-corrected chi connectivity index (χ0v) is 84.5. The number of unbranched alkanes of at least 4 members (excludes halogenated alkanes) is 2. The zero-order chi connectivity index (χ0) is 99.4. The van der Waals surface area contributed by atoms with Crippen molar-refractivity contribution in [1.82, 2.24) is 108 Å². The summed E-state index contributed by atoms with van der Waals surface area (Å²) in [5, 5.41) is 71.0. The first-order valence-electron chi connectivity index (χ1n) is 49.7. The van der Waals surface area contributed by atoms with Crippen LogP contribution in [0.5, 0.6) is 0 Å². The third kappa shape index (κ3) is 29.9. The number of aliphatic hydroxyl groups is 4. The molecule has 0 amide bonds. The van der Waals surface area contributed by atoms with Crippen molar-refractivity contribution in [3.63, 3.8) is 0 Å². The van der Waals surface area contributed by atoms with Crippen molar-refractivity contribution >= 4 is 101 Å². The summed E-state index contributed by atoms with van der Waals surface area (Å²) < 4.78 is 18.0. The van der Waals surface area contributed by atoms with E-state index in [1.165, 1.54) is 11.1 Å². The van der Waals surface area contributed by atoms with Crippen LogP contribution < -0.4 is 31.9 Å². The molecule has 0 aliphatic carbocycles. The molecular weight excluding hydrogens is 1760 g/mol. The molecular formula is C107H144N28O5. The van der Waals surface area contributed by atoms with Gasteiger partial charge in [0.1, 0.15) is 79.5 Å². The van der Waals surface area contributed by atoms with Gasteiger partial charge in [0, 0.05) is 101 Å². The van der Waals surface area contributed by atoms with Crippen molar-refractivity contribution in [2.45, 2.75) is 270 Å². The van der Waals surface area contributed by atoms with Gasteiger partial charge in [0.25, 0.3) is 0 Å². The number of anilines is 6. The summed E-state index contributed by atoms with van der Waals surface area (Å²) in [5.41, 5.74) is 16.9. The Morgan fingerprint density at radius 1 is 0.329 bits per heavy atom. The van der Waals surface area contributed by atoms with Gasteiger partial charge in [0.05, 0.1) is 102 Å². The van der Waals surface area contributed by atoms with Gasteiger partial charge >= 0.3 is 0 Å². The van der Waals surface area contributed by atoms with Crippen LogP contribution in [0.15, 0.2) is 188 Å². The smallest absolute Gasteiger partial charge is 0.154 e. The van der Waals surface area contributed by atoms with E-state index in [1.807, 2.05) is 146 Å². The molecule has 140 heavy (non-hydrogen) atoms. The van der Waals surface area contributed by atoms with Crippen LogP contribution in [0.2, 0.25) is 0 Å². The van der Waals surface area contributed by atoms with Crippen molar-refractivity contribution in [1.29, 1.82) is 0 Å². The van der Waals surface area contributed by atoms with Crippen molar-refractivity contribution in [2.75, 3.05) is 64.9 Å². The van der Waals surface area contributed by atoms with E-state index in [2.05, 4.69) is 275 Å². The van der Waals surface area contributed by atoms with E-state index in [9.17, 15) is 20.4 Å². The summed E-state index contributed by atoms with van der Waals surface area (Å²) in [6, 6.07) is 45.3. The predicted molar refractivity (Wildman–Crippen MR) is 563 cm³/mol. The van der Waals surface area contributed by atoms with Crippen molar-refractivity contribution in [3.05, 3.63) is 252 Å². The monoisotopic (exact) mass is 1900 g/mol. The summed E-state index contributed by atoms with van der Waals surface area (Å²) in [4.78, 5) is 59.2. The Hall–Kier alpha value is -13.8. The lowest BCUT2D eigenvalue weighted by Gasteiger charge is -2.19. The molecule has 0 aliphatic heterocycles. The number of aryl methyl sites for hydroxylation is 7. The topological polar surface area (TPSA) is 402 Å². The minimum atomic E-state index is -0.0164. The van der Waals surface area contributed by atoms with Crippen LogP contribution in [0.3, 0.4) is 0 Å². The molecule has 0 saturated heterocycles. The van der Waals surface area contributed by atoms with Gasteiger partial charge in [-0.05, 0) is 178 Å². The largest absolute Gasteiger partial charge is 0.396 e. The van der Waals surface area contributed by atoms with Gasteiger partial charge in [0.2, 0.25) is 0 Å². The summed E-state index contributed by atoms with van der Waals surface area (Å²) in [6.45, 7) is 38.7. The van der Waals surface area contributed by atoms with E-state index in [0.717, 1.165) is 263 Å². The highest BCUT2D eigenvalue weighted by molar-refractivity contribution is 5.91. The highest BCUT2D eigenvalue weighted by Gasteiger charge is 2.23. The van der Waals surface area contributed by atoms with Crippen LogP contribution >= 0.6 is 0 Å². The van der Waals surface area contributed by atoms with E-state index >= 15 is 0 Å². The molecule has 742 valence electrons. The van der Waals surface area contributed by atoms with E-state index in [0.29, 0.717) is 43.2 Å². The third-order valence-corrected chi connectivity index (χ3v) is 23.6. The van der Waals surface area contributed by atoms with E-state index in [1.54, 1.807) is 12.4 Å². The first kappa shape index (κ1) is 105. The van der Waals surface area contributed by atoms with Crippen LogP contribution in [0.4, 0.5) is 34.9 Å². The number of fused-ring (bicyclic) bond motifs is 6. The molecule has 0 radical (unpaired) electrons. The SMILES string of the molecule is CCCC(C)Nc1nc(C)nc2ccn(Cc3ccccc3)c12.CCCC(CCO)Nc1nc(C)nc2ccn(Cc3ccccc3)c12.CCCC(CO)Nc1nc(C)nc2ccn(CC(C)C)c12.CCCC(CO)Nc1nc(C)nc2ccn(Cc3ccccn3)c12.CCCCC(CO)Nc1nc(C)nc2ccn(Cc3cccnn3)c12.CCCCNc1nc(C)nc2ccn(Cc3cc(C)on3)c12. The van der Waals surface area contributed by atoms with Crippen LogP contribution in [0.25, 0.3) is 66.2 Å². The quantitative estimate of drug-likeness (QED) is 0.0159. The fraction of sp³-hybridized carbons (Fsp3) is 0.439. The van der Waals surface area contributed by atoms with Gasteiger partial charge in [-0.2, -0.15) is 10.2 Å². The van der Waals surface area contributed by atoms with Gasteiger partial charge < -0.3 is 84.3 Å². The molecule has 10 N–H and O–H groups in total. The average molecular weight is 1900 g/mol. The minimum Gasteiger partial charge on any atom is -0.396 e. The minimum absolute atomic E-state index is 0.00861. The molecule has 33 nitrogen and oxygen atoms in total. The van der Waals surface area contributed by atoms with Crippen LogP contribution in [0.1, 0.15) is 221 Å². The molecule has 17 aromatic rings. The number of pyridine rings is 1. The molecule has 15 aromatic heterocycles. The predicted octanol–water partition coefficient (Wildman–Crippen LogP) is 19.7. The molecule has 0 fully saturated rings. The maximum Gasteiger partial charge on any atom is 0.154 e. The number of aromatic nitrogens is 22. The van der Waals surface area contributed by atoms with Crippen LogP contribution in [-0.2, 0) is 39.3 Å². The van der Waals surface area contributed by atoms with Gasteiger partial charge in [-0.1, -0.05) is 172 Å². The van der Waals surface area contributed by atoms with Crippen LogP contribution in [0, 0.1) is 54.4 Å². The fourth-order valence-electron chi connectivity index (χ4n) is 17.1. The zero-order valence-electron chi connectivity index (χ0n) is 84.5. The molecule has 33 heteroatoms. The van der Waals surface area contributed by atoms with Crippen molar-refractivity contribution < 1.29 is 24.9 Å². The number of rotatable bonds is 42. The van der Waals surface area contributed by atoms with E-state index in [4.69, 9.17) is 4.52 Å². The maximum absolute atomic E-state index is 9.68. The number of hydrogen-bond acceptors (Lipinski definition) is 27. The van der Waals surface area contributed by atoms with Gasteiger partial charge in [-0.3, -0.25) is 4.98 Å². The Balaban J connectivity index is 0.000000150. The lowest BCUT2D eigenvalue weighted by Crippen LogP contribution is -2.25. The Morgan fingerprint density at radius 2 is 0.693 bits per heavy atom. The average Bonchev–Trinajstić information content (AvgIpc) is 1.67. The first-order valence-corrected chi connectivity index (χ1v) is 49.7. The van der Waals surface area contributed by atoms with Gasteiger partial charge in [-0.25, -0.2) is 59.8 Å². The number of aliphatic hydroxyl groups excluding tert-OH is 4. The molecule has 0 aliphatic rings. The molecule has 2 aromatic carbocycles. The summed E-state index contributed by atoms with van der Waals surface area (Å²) >= 11 is 0. The van der Waals surface area contributed by atoms with Crippen LogP contribution in [-0.4, -0.2) is 191 Å². The second kappa shape index (κ2) is 53.4. The normalized spacial score (nSPS) is 12.3. The number of hydrogen-bond donors (Lipinski definition) is 10. The first-order chi connectivity index (χ1) is 68.0. The lowest BCUT2D eigenvalue weighted by molar-refractivity contribution is 0.267. The Kier molecular flexibility index (Phi) is 40.1. The Labute approximate surface area is 821 Å². The second-order valence-electron chi connectivity index (χ2n) is 36.2. The molecule has 5 atom stereocenters. The highest BCUT2D eigenvalue weighted by Crippen LogP contribution is 2.32. The molecule has 0 spiro atoms. The van der Waals surface area contributed by atoms with Crippen molar-refractivity contribution in [2.24, 2.45) is 5.92 Å². The standard InChI is InChI=1S/C20H26N4O.C19H24N4.C18H24N6O.C18H23N5O.C16H21N5O.C16H26N4O/c1-3-7-17(11-13-25)23-20-19-18(21-15(2)22-20)10-12-24(19)14-16-8-5-4-6-9-16;1-4-8-14(2)20-19-18-17(21-15(3)22-19)11-12-23(18)13-16-9-6-5-7-10-16;1-3-4-6-15(12-25)22-18-17-16(20-13(2)21-18)8-10-24(17)11-14-7-5-9-19-23-14;1-3-6-15(12-24)22-18-17-16(20-13(2)21-18)8-10-23(17)11-14-7-4-5-9-19-14;1-4-5-7-17-16-15-14(18-12(3)19-16)6-8-21(15)10-13-9-11(2)22-20-13;1-5-6-13(10-21)19-16-15-14(17-12(4)18-16)7-8-20(15)9-11(2)3/h4-6,8-10,12,17,25H,3,7,11,13-14H2,1-2H3,(H,21,22,23);5-7,9-12,14H,4,8,13H2,1-3H3,(H,20,21,22);5,7-10,15,25H,3-4,6,11-12H2,1-2H3,(H,20,21,22);4-5,7-10,15,24H,3,6,11-12H2,1-2H3,(H,20,21,22);6,8-9H,4-5,7,10H2,1-3H3,(H,17,18,19);7-8,11,13,21H,5-6,9-10H2,1-4H3,(H,17,18,19). The Bertz CT molecular complexity index is 6610. The van der Waals surface area contributed by atoms with E-state index < -0.39 is 0 Å². The molecule has 15 heterocycles. The molecule has 0 saturated carbocycles. The number of benzene rings is 2. The van der Waals surface area contributed by atoms with Gasteiger partial charge in [-0.15, -0.1) is 0 Å². The lowest BCUT2D eigenvalue weighted by atomic mass is 10.1. The third-order valence-electron chi connectivity index (χ3n) is 23.6. The second-order valence-corrected chi connectivity index (χ2v) is 36.2. The van der Waals surface area contributed by atoms with Crippen molar-refractivity contribution in [3.8, 4) is 0 Å². The maximum atomic E-state index is 9.68.